The van der Waals surface area contributed by atoms with Gasteiger partial charge in [-0.3, -0.25) is 0 Å². The molecule has 78 valence electrons. The van der Waals surface area contributed by atoms with Crippen LogP contribution in [0.2, 0.25) is 0 Å². The summed E-state index contributed by atoms with van der Waals surface area (Å²) in [6, 6.07) is 0. The van der Waals surface area contributed by atoms with Crippen LogP contribution in [0.4, 0.5) is 0 Å². The Morgan fingerprint density at radius 1 is 1.50 bits per heavy atom. The number of esters is 1. The molecule has 0 aromatic heterocycles. The first-order chi connectivity index (χ1) is 6.67. The lowest BCUT2D eigenvalue weighted by molar-refractivity contribution is -0.145. The highest BCUT2D eigenvalue weighted by Gasteiger charge is 2.45. The van der Waals surface area contributed by atoms with Gasteiger partial charge in [-0.2, -0.15) is 0 Å². The van der Waals surface area contributed by atoms with Gasteiger partial charge in [0.15, 0.2) is 0 Å². The minimum atomic E-state index is -0.222. The third-order valence-corrected chi connectivity index (χ3v) is 3.43. The Morgan fingerprint density at radius 3 is 3.00 bits per heavy atom. The standard InChI is InChI=1S/C12H18O2/c1-3-4-6-9-10-7-5-8-12(10,2)14-11(9)13/h3-8H2,1-2H3. The average molecular weight is 194 g/mol. The summed E-state index contributed by atoms with van der Waals surface area (Å²) < 4.78 is 5.47. The smallest absolute Gasteiger partial charge is 0.334 e. The van der Waals surface area contributed by atoms with Crippen LogP contribution in [0, 0.1) is 0 Å². The van der Waals surface area contributed by atoms with Crippen molar-refractivity contribution in [1.82, 2.24) is 0 Å². The molecule has 1 atom stereocenters. The van der Waals surface area contributed by atoms with Crippen molar-refractivity contribution in [2.75, 3.05) is 0 Å². The van der Waals surface area contributed by atoms with Crippen LogP contribution in [0.1, 0.15) is 52.4 Å². The molecule has 0 aromatic carbocycles. The summed E-state index contributed by atoms with van der Waals surface area (Å²) in [6.45, 7) is 4.21. The van der Waals surface area contributed by atoms with Gasteiger partial charge in [0.2, 0.25) is 0 Å². The summed E-state index contributed by atoms with van der Waals surface area (Å²) >= 11 is 0. The van der Waals surface area contributed by atoms with Crippen LogP contribution in [0.25, 0.3) is 0 Å². The number of carbonyl (C=O) groups excluding carboxylic acids is 1. The molecule has 2 heteroatoms. The molecule has 0 saturated heterocycles. The summed E-state index contributed by atoms with van der Waals surface area (Å²) in [5.74, 6) is -0.0457. The molecule has 0 aromatic rings. The molecule has 1 heterocycles. The Balaban J connectivity index is 2.22. The fourth-order valence-electron chi connectivity index (χ4n) is 2.60. The van der Waals surface area contributed by atoms with Crippen molar-refractivity contribution in [3.63, 3.8) is 0 Å². The monoisotopic (exact) mass is 194 g/mol. The third kappa shape index (κ3) is 1.37. The fraction of sp³-hybridized carbons (Fsp3) is 0.750. The molecule has 1 fully saturated rings. The van der Waals surface area contributed by atoms with Gasteiger partial charge in [-0.05, 0) is 44.6 Å². The van der Waals surface area contributed by atoms with Gasteiger partial charge in [0.25, 0.3) is 0 Å². The third-order valence-electron chi connectivity index (χ3n) is 3.43. The zero-order chi connectivity index (χ0) is 10.2. The Hall–Kier alpha value is -0.790. The van der Waals surface area contributed by atoms with Gasteiger partial charge in [-0.1, -0.05) is 13.3 Å². The minimum Gasteiger partial charge on any atom is -0.451 e. The maximum atomic E-state index is 11.6. The summed E-state index contributed by atoms with van der Waals surface area (Å²) in [5.41, 5.74) is 2.07. The van der Waals surface area contributed by atoms with Gasteiger partial charge in [-0.15, -0.1) is 0 Å². The largest absolute Gasteiger partial charge is 0.451 e. The topological polar surface area (TPSA) is 26.3 Å². The first-order valence-corrected chi connectivity index (χ1v) is 5.63. The van der Waals surface area contributed by atoms with E-state index in [4.69, 9.17) is 4.74 Å². The van der Waals surface area contributed by atoms with E-state index in [1.807, 2.05) is 0 Å². The predicted octanol–water partition coefficient (Wildman–Crippen LogP) is 2.97. The number of carbonyl (C=O) groups is 1. The molecular weight excluding hydrogens is 176 g/mol. The molecule has 2 nitrogen and oxygen atoms in total. The molecule has 2 aliphatic rings. The van der Waals surface area contributed by atoms with Gasteiger partial charge in [0, 0.05) is 5.57 Å². The average Bonchev–Trinajstić information content (AvgIpc) is 2.57. The fourth-order valence-corrected chi connectivity index (χ4v) is 2.60. The van der Waals surface area contributed by atoms with Gasteiger partial charge >= 0.3 is 5.97 Å². The van der Waals surface area contributed by atoms with Crippen molar-refractivity contribution < 1.29 is 9.53 Å². The summed E-state index contributed by atoms with van der Waals surface area (Å²) in [7, 11) is 0. The molecule has 1 saturated carbocycles. The van der Waals surface area contributed by atoms with E-state index >= 15 is 0 Å². The molecule has 1 aliphatic heterocycles. The lowest BCUT2D eigenvalue weighted by atomic mass is 9.95. The molecule has 2 rings (SSSR count). The van der Waals surface area contributed by atoms with Crippen molar-refractivity contribution >= 4 is 5.97 Å². The molecular formula is C12H18O2. The van der Waals surface area contributed by atoms with Crippen LogP contribution < -0.4 is 0 Å². The summed E-state index contributed by atoms with van der Waals surface area (Å²) in [6.07, 6.45) is 6.42. The predicted molar refractivity (Wildman–Crippen MR) is 54.9 cm³/mol. The Kier molecular flexibility index (Phi) is 2.38. The van der Waals surface area contributed by atoms with Crippen molar-refractivity contribution in [2.45, 2.75) is 58.0 Å². The second kappa shape index (κ2) is 3.41. The quantitative estimate of drug-likeness (QED) is 0.646. The van der Waals surface area contributed by atoms with Gasteiger partial charge in [0.1, 0.15) is 5.60 Å². The second-order valence-corrected chi connectivity index (χ2v) is 4.53. The number of hydrogen-bond donors (Lipinski definition) is 0. The number of rotatable bonds is 3. The number of ether oxygens (including phenoxy) is 1. The minimum absolute atomic E-state index is 0.0457. The van der Waals surface area contributed by atoms with E-state index in [-0.39, 0.29) is 11.6 Å². The molecule has 0 amide bonds. The van der Waals surface area contributed by atoms with Crippen molar-refractivity contribution in [1.29, 1.82) is 0 Å². The Morgan fingerprint density at radius 2 is 2.29 bits per heavy atom. The van der Waals surface area contributed by atoms with Gasteiger partial charge < -0.3 is 4.74 Å². The van der Waals surface area contributed by atoms with Crippen LogP contribution >= 0.6 is 0 Å². The number of fused-ring (bicyclic) bond motifs is 1. The lowest BCUT2D eigenvalue weighted by Gasteiger charge is -2.18. The van der Waals surface area contributed by atoms with E-state index in [9.17, 15) is 4.79 Å². The number of unbranched alkanes of at least 4 members (excludes halogenated alkanes) is 1. The molecule has 14 heavy (non-hydrogen) atoms. The molecule has 0 spiro atoms. The van der Waals surface area contributed by atoms with Crippen LogP contribution in [0.5, 0.6) is 0 Å². The molecule has 0 N–H and O–H groups in total. The van der Waals surface area contributed by atoms with Gasteiger partial charge in [-0.25, -0.2) is 4.79 Å². The molecule has 0 bridgehead atoms. The summed E-state index contributed by atoms with van der Waals surface area (Å²) in [4.78, 5) is 11.6. The molecule has 1 unspecified atom stereocenters. The Labute approximate surface area is 85.3 Å². The zero-order valence-corrected chi connectivity index (χ0v) is 9.06. The Bertz CT molecular complexity index is 291. The first-order valence-electron chi connectivity index (χ1n) is 5.63. The van der Waals surface area contributed by atoms with E-state index in [0.29, 0.717) is 0 Å². The van der Waals surface area contributed by atoms with Gasteiger partial charge in [0.05, 0.1) is 0 Å². The highest BCUT2D eigenvalue weighted by molar-refractivity contribution is 5.93. The van der Waals surface area contributed by atoms with E-state index in [2.05, 4.69) is 13.8 Å². The normalized spacial score (nSPS) is 30.9. The summed E-state index contributed by atoms with van der Waals surface area (Å²) in [5, 5.41) is 0. The maximum Gasteiger partial charge on any atom is 0.334 e. The van der Waals surface area contributed by atoms with E-state index in [1.165, 1.54) is 12.0 Å². The highest BCUT2D eigenvalue weighted by atomic mass is 16.6. The number of hydrogen-bond acceptors (Lipinski definition) is 2. The van der Waals surface area contributed by atoms with Crippen LogP contribution in [0.15, 0.2) is 11.1 Å². The van der Waals surface area contributed by atoms with Crippen LogP contribution in [0.3, 0.4) is 0 Å². The van der Waals surface area contributed by atoms with Crippen molar-refractivity contribution in [3.05, 3.63) is 11.1 Å². The molecule has 0 radical (unpaired) electrons. The second-order valence-electron chi connectivity index (χ2n) is 4.53. The van der Waals surface area contributed by atoms with E-state index in [0.717, 1.165) is 37.7 Å². The van der Waals surface area contributed by atoms with Crippen LogP contribution in [-0.4, -0.2) is 11.6 Å². The highest BCUT2D eigenvalue weighted by Crippen LogP contribution is 2.45. The van der Waals surface area contributed by atoms with Crippen molar-refractivity contribution in [2.24, 2.45) is 0 Å². The van der Waals surface area contributed by atoms with Crippen molar-refractivity contribution in [3.8, 4) is 0 Å². The lowest BCUT2D eigenvalue weighted by Crippen LogP contribution is -2.23. The van der Waals surface area contributed by atoms with E-state index < -0.39 is 0 Å². The van der Waals surface area contributed by atoms with E-state index in [1.54, 1.807) is 0 Å². The maximum absolute atomic E-state index is 11.6. The van der Waals surface area contributed by atoms with Crippen LogP contribution in [-0.2, 0) is 9.53 Å². The zero-order valence-electron chi connectivity index (χ0n) is 9.06. The molecule has 1 aliphatic carbocycles. The SMILES string of the molecule is CCCCC1=C2CCCC2(C)OC1=O. The first kappa shape index (κ1) is 9.75.